The topological polar surface area (TPSA) is 103 Å². The molecule has 3 N–H and O–H groups in total. The normalized spacial score (nSPS) is 13.5. The van der Waals surface area contributed by atoms with E-state index in [2.05, 4.69) is 16.0 Å². The summed E-state index contributed by atoms with van der Waals surface area (Å²) in [5, 5.41) is 8.49. The van der Waals surface area contributed by atoms with Crippen molar-refractivity contribution in [2.24, 2.45) is 0 Å². The lowest BCUT2D eigenvalue weighted by molar-refractivity contribution is -0.119. The Bertz CT molecular complexity index is 1040. The van der Waals surface area contributed by atoms with E-state index in [1.54, 1.807) is 35.2 Å². The Balaban J connectivity index is 1.76. The van der Waals surface area contributed by atoms with Crippen LogP contribution < -0.4 is 20.9 Å². The SMILES string of the molecule is COCC(=O)Nc1ccc(N2CCN(C(=O)NC(C)C)CC2)c(C(=O)NCc2ccc(F)cc2)c1. The first kappa shape index (κ1) is 26.0. The zero-order valence-corrected chi connectivity index (χ0v) is 20.3. The predicted molar refractivity (Wildman–Crippen MR) is 132 cm³/mol. The van der Waals surface area contributed by atoms with Crippen molar-refractivity contribution in [2.45, 2.75) is 26.4 Å². The summed E-state index contributed by atoms with van der Waals surface area (Å²) in [6, 6.07) is 11.0. The fourth-order valence-corrected chi connectivity index (χ4v) is 3.77. The van der Waals surface area contributed by atoms with Crippen molar-refractivity contribution >= 4 is 29.2 Å². The molecule has 188 valence electrons. The minimum Gasteiger partial charge on any atom is -0.375 e. The number of amides is 4. The van der Waals surface area contributed by atoms with Crippen molar-refractivity contribution in [3.8, 4) is 0 Å². The summed E-state index contributed by atoms with van der Waals surface area (Å²) in [6.45, 7) is 6.09. The molecule has 0 atom stereocenters. The Kier molecular flexibility index (Phi) is 9.02. The Labute approximate surface area is 204 Å². The van der Waals surface area contributed by atoms with Crippen LogP contribution in [0, 0.1) is 5.82 Å². The quantitative estimate of drug-likeness (QED) is 0.533. The first-order valence-electron chi connectivity index (χ1n) is 11.5. The van der Waals surface area contributed by atoms with Crippen LogP contribution in [0.1, 0.15) is 29.8 Å². The fraction of sp³-hybridized carbons (Fsp3) is 0.400. The van der Waals surface area contributed by atoms with Gasteiger partial charge in [-0.25, -0.2) is 9.18 Å². The maximum Gasteiger partial charge on any atom is 0.317 e. The molecular weight excluding hydrogens is 453 g/mol. The Morgan fingerprint density at radius 1 is 1.03 bits per heavy atom. The number of benzene rings is 2. The van der Waals surface area contributed by atoms with Gasteiger partial charge in [0.05, 0.1) is 5.56 Å². The predicted octanol–water partition coefficient (Wildman–Crippen LogP) is 2.58. The Morgan fingerprint density at radius 2 is 1.71 bits per heavy atom. The summed E-state index contributed by atoms with van der Waals surface area (Å²) in [5.41, 5.74) is 2.32. The van der Waals surface area contributed by atoms with Gasteiger partial charge in [-0.3, -0.25) is 9.59 Å². The zero-order valence-electron chi connectivity index (χ0n) is 20.3. The molecule has 9 nitrogen and oxygen atoms in total. The standard InChI is InChI=1S/C25H32FN5O4/c1-17(2)28-25(34)31-12-10-30(11-13-31)22-9-8-20(29-23(32)16-35-3)14-21(22)24(33)27-15-18-4-6-19(26)7-5-18/h4-9,14,17H,10-13,15-16H2,1-3H3,(H,27,33)(H,28,34)(H,29,32). The van der Waals surface area contributed by atoms with E-state index >= 15 is 0 Å². The lowest BCUT2D eigenvalue weighted by atomic mass is 10.1. The second kappa shape index (κ2) is 12.2. The molecule has 1 saturated heterocycles. The van der Waals surface area contributed by atoms with Crippen LogP contribution in [0.15, 0.2) is 42.5 Å². The number of piperazine rings is 1. The summed E-state index contributed by atoms with van der Waals surface area (Å²) in [7, 11) is 1.43. The van der Waals surface area contributed by atoms with Crippen molar-refractivity contribution in [3.63, 3.8) is 0 Å². The van der Waals surface area contributed by atoms with Gasteiger partial charge < -0.3 is 30.5 Å². The van der Waals surface area contributed by atoms with Gasteiger partial charge in [-0.2, -0.15) is 0 Å². The molecule has 3 rings (SSSR count). The number of urea groups is 1. The van der Waals surface area contributed by atoms with E-state index in [4.69, 9.17) is 4.74 Å². The van der Waals surface area contributed by atoms with Crippen LogP contribution in [0.4, 0.5) is 20.6 Å². The van der Waals surface area contributed by atoms with Gasteiger partial charge in [0.1, 0.15) is 12.4 Å². The Hall–Kier alpha value is -3.66. The zero-order chi connectivity index (χ0) is 25.4. The molecule has 0 bridgehead atoms. The third-order valence-corrected chi connectivity index (χ3v) is 5.49. The number of nitrogens with zero attached hydrogens (tertiary/aromatic N) is 2. The van der Waals surface area contributed by atoms with E-state index in [1.807, 2.05) is 18.7 Å². The highest BCUT2D eigenvalue weighted by molar-refractivity contribution is 6.02. The number of nitrogens with one attached hydrogen (secondary N) is 3. The average molecular weight is 486 g/mol. The number of hydrogen-bond donors (Lipinski definition) is 3. The first-order valence-corrected chi connectivity index (χ1v) is 11.5. The number of rotatable bonds is 8. The van der Waals surface area contributed by atoms with Gasteiger partial charge >= 0.3 is 6.03 Å². The van der Waals surface area contributed by atoms with Gasteiger partial charge in [-0.05, 0) is 49.7 Å². The van der Waals surface area contributed by atoms with Gasteiger partial charge in [-0.1, -0.05) is 12.1 Å². The third-order valence-electron chi connectivity index (χ3n) is 5.49. The maximum absolute atomic E-state index is 13.2. The van der Waals surface area contributed by atoms with Crippen molar-refractivity contribution < 1.29 is 23.5 Å². The molecule has 10 heteroatoms. The lowest BCUT2D eigenvalue weighted by Gasteiger charge is -2.37. The number of carbonyl (C=O) groups excluding carboxylic acids is 3. The van der Waals surface area contributed by atoms with Crippen molar-refractivity contribution in [2.75, 3.05) is 50.1 Å². The molecule has 4 amide bonds. The maximum atomic E-state index is 13.2. The van der Waals surface area contributed by atoms with E-state index in [0.29, 0.717) is 43.1 Å². The summed E-state index contributed by atoms with van der Waals surface area (Å²) >= 11 is 0. The van der Waals surface area contributed by atoms with E-state index in [1.165, 1.54) is 19.2 Å². The molecular formula is C25H32FN5O4. The molecule has 2 aromatic carbocycles. The molecule has 0 aromatic heterocycles. The number of anilines is 2. The monoisotopic (exact) mass is 485 g/mol. The average Bonchev–Trinajstić information content (AvgIpc) is 2.83. The van der Waals surface area contributed by atoms with Gasteiger partial charge in [0.15, 0.2) is 0 Å². The van der Waals surface area contributed by atoms with Crippen LogP contribution in [0.5, 0.6) is 0 Å². The van der Waals surface area contributed by atoms with Crippen LogP contribution in [0.2, 0.25) is 0 Å². The molecule has 2 aromatic rings. The smallest absolute Gasteiger partial charge is 0.317 e. The lowest BCUT2D eigenvalue weighted by Crippen LogP contribution is -2.53. The number of halogens is 1. The minimum atomic E-state index is -0.344. The molecule has 1 aliphatic heterocycles. The molecule has 1 heterocycles. The van der Waals surface area contributed by atoms with Crippen LogP contribution in [-0.4, -0.2) is 68.7 Å². The van der Waals surface area contributed by atoms with Gasteiger partial charge in [-0.15, -0.1) is 0 Å². The fourth-order valence-electron chi connectivity index (χ4n) is 3.77. The van der Waals surface area contributed by atoms with Gasteiger partial charge in [0, 0.05) is 57.3 Å². The number of hydrogen-bond acceptors (Lipinski definition) is 5. The highest BCUT2D eigenvalue weighted by Gasteiger charge is 2.25. The largest absolute Gasteiger partial charge is 0.375 e. The second-order valence-electron chi connectivity index (χ2n) is 8.60. The van der Waals surface area contributed by atoms with Gasteiger partial charge in [0.25, 0.3) is 5.91 Å². The first-order chi connectivity index (χ1) is 16.8. The van der Waals surface area contributed by atoms with Crippen molar-refractivity contribution in [3.05, 3.63) is 59.4 Å². The molecule has 0 aliphatic carbocycles. The summed E-state index contributed by atoms with van der Waals surface area (Å²) < 4.78 is 18.0. The van der Waals surface area contributed by atoms with Crippen molar-refractivity contribution in [1.29, 1.82) is 0 Å². The highest BCUT2D eigenvalue weighted by Crippen LogP contribution is 2.26. The molecule has 0 spiro atoms. The van der Waals surface area contributed by atoms with E-state index in [0.717, 1.165) is 5.56 Å². The van der Waals surface area contributed by atoms with E-state index in [-0.39, 0.29) is 42.9 Å². The molecule has 0 unspecified atom stereocenters. The molecule has 1 fully saturated rings. The van der Waals surface area contributed by atoms with E-state index < -0.39 is 0 Å². The van der Waals surface area contributed by atoms with Crippen LogP contribution >= 0.6 is 0 Å². The number of ether oxygens (including phenoxy) is 1. The van der Waals surface area contributed by atoms with Crippen LogP contribution in [0.3, 0.4) is 0 Å². The Morgan fingerprint density at radius 3 is 2.34 bits per heavy atom. The summed E-state index contributed by atoms with van der Waals surface area (Å²) in [5.74, 6) is -1.00. The van der Waals surface area contributed by atoms with Crippen LogP contribution in [-0.2, 0) is 16.1 Å². The molecule has 0 radical (unpaired) electrons. The molecule has 35 heavy (non-hydrogen) atoms. The number of methoxy groups -OCH3 is 1. The van der Waals surface area contributed by atoms with Crippen molar-refractivity contribution in [1.82, 2.24) is 15.5 Å². The third kappa shape index (κ3) is 7.41. The summed E-state index contributed by atoms with van der Waals surface area (Å²) in [4.78, 5) is 41.3. The molecule has 1 aliphatic rings. The van der Waals surface area contributed by atoms with Crippen LogP contribution in [0.25, 0.3) is 0 Å². The minimum absolute atomic E-state index is 0.0535. The van der Waals surface area contributed by atoms with Gasteiger partial charge in [0.2, 0.25) is 5.91 Å². The highest BCUT2D eigenvalue weighted by atomic mass is 19.1. The van der Waals surface area contributed by atoms with E-state index in [9.17, 15) is 18.8 Å². The second-order valence-corrected chi connectivity index (χ2v) is 8.60. The summed E-state index contributed by atoms with van der Waals surface area (Å²) in [6.07, 6.45) is 0. The molecule has 0 saturated carbocycles. The number of carbonyl (C=O) groups is 3.